The minimum Gasteiger partial charge on any atom is -0.493 e. The molecule has 1 fully saturated rings. The number of ether oxygens (including phenoxy) is 2. The number of hydrogen-bond acceptors (Lipinski definition) is 8. The van der Waals surface area contributed by atoms with Gasteiger partial charge in [-0.1, -0.05) is 19.4 Å². The molecule has 0 saturated carbocycles. The summed E-state index contributed by atoms with van der Waals surface area (Å²) in [6.07, 6.45) is 2.44. The fourth-order valence-corrected chi connectivity index (χ4v) is 7.12. The summed E-state index contributed by atoms with van der Waals surface area (Å²) in [4.78, 5) is 19.4. The van der Waals surface area contributed by atoms with Crippen molar-refractivity contribution < 1.29 is 27.8 Å². The van der Waals surface area contributed by atoms with E-state index in [9.17, 15) is 13.2 Å². The van der Waals surface area contributed by atoms with Gasteiger partial charge < -0.3 is 19.5 Å². The van der Waals surface area contributed by atoms with Gasteiger partial charge in [0.05, 0.1) is 31.3 Å². The van der Waals surface area contributed by atoms with E-state index in [-0.39, 0.29) is 25.3 Å². The van der Waals surface area contributed by atoms with Crippen molar-refractivity contribution in [2.24, 2.45) is 0 Å². The molecule has 2 aromatic rings. The Morgan fingerprint density at radius 1 is 1.19 bits per heavy atom. The van der Waals surface area contributed by atoms with Crippen molar-refractivity contribution in [1.29, 1.82) is 0 Å². The Bertz CT molecular complexity index is 1170. The Labute approximate surface area is 217 Å². The van der Waals surface area contributed by atoms with Gasteiger partial charge in [-0.15, -0.1) is 11.3 Å². The zero-order valence-corrected chi connectivity index (χ0v) is 22.6. The molecule has 0 radical (unpaired) electrons. The van der Waals surface area contributed by atoms with Crippen LogP contribution in [0.15, 0.2) is 12.1 Å². The summed E-state index contributed by atoms with van der Waals surface area (Å²) < 4.78 is 38.9. The van der Waals surface area contributed by atoms with E-state index in [1.54, 1.807) is 11.3 Å². The van der Waals surface area contributed by atoms with E-state index in [1.807, 2.05) is 19.1 Å². The largest absolute Gasteiger partial charge is 0.493 e. The van der Waals surface area contributed by atoms with Gasteiger partial charge in [0.15, 0.2) is 5.13 Å². The van der Waals surface area contributed by atoms with Crippen molar-refractivity contribution in [3.05, 3.63) is 39.4 Å². The molecule has 4 rings (SSSR count). The van der Waals surface area contributed by atoms with Gasteiger partial charge in [0.1, 0.15) is 5.75 Å². The fourth-order valence-electron chi connectivity index (χ4n) is 4.55. The molecule has 0 amide bonds. The first-order chi connectivity index (χ1) is 17.3. The van der Waals surface area contributed by atoms with Crippen molar-refractivity contribution in [3.63, 3.8) is 0 Å². The number of sulfonamides is 1. The molecule has 1 N–H and O–H groups in total. The normalized spacial score (nSPS) is 16.3. The molecule has 9 nitrogen and oxygen atoms in total. The SMILES string of the molecule is CCCCS(=O)(=O)N1Cc2c(CCC(=O)O)ccc(OCCc3nc(N4CCOCC4)sc3C)c2C1. The van der Waals surface area contributed by atoms with Crippen molar-refractivity contribution in [3.8, 4) is 5.75 Å². The number of fused-ring (bicyclic) bond motifs is 1. The van der Waals surface area contributed by atoms with E-state index in [0.29, 0.717) is 31.6 Å². The van der Waals surface area contributed by atoms with Gasteiger partial charge in [-0.25, -0.2) is 13.4 Å². The summed E-state index contributed by atoms with van der Waals surface area (Å²) >= 11 is 1.69. The highest BCUT2D eigenvalue weighted by Gasteiger charge is 2.32. The molecule has 11 heteroatoms. The van der Waals surface area contributed by atoms with Crippen LogP contribution in [0.1, 0.15) is 53.4 Å². The molecule has 0 aliphatic carbocycles. The Kier molecular flexibility index (Phi) is 8.87. The van der Waals surface area contributed by atoms with Gasteiger partial charge in [0.25, 0.3) is 0 Å². The van der Waals surface area contributed by atoms with Crippen LogP contribution in [0, 0.1) is 6.92 Å². The predicted molar refractivity (Wildman–Crippen MR) is 139 cm³/mol. The van der Waals surface area contributed by atoms with Crippen LogP contribution in [0.2, 0.25) is 0 Å². The molecule has 0 spiro atoms. The van der Waals surface area contributed by atoms with E-state index in [4.69, 9.17) is 19.6 Å². The third-order valence-corrected chi connectivity index (χ3v) is 9.59. The zero-order chi connectivity index (χ0) is 25.7. The lowest BCUT2D eigenvalue weighted by Gasteiger charge is -2.26. The van der Waals surface area contributed by atoms with Crippen LogP contribution in [-0.4, -0.2) is 67.4 Å². The Morgan fingerprint density at radius 3 is 2.67 bits per heavy atom. The first kappa shape index (κ1) is 26.8. The molecule has 3 heterocycles. The summed E-state index contributed by atoms with van der Waals surface area (Å²) in [7, 11) is -3.39. The highest BCUT2D eigenvalue weighted by molar-refractivity contribution is 7.89. The monoisotopic (exact) mass is 537 g/mol. The second-order valence-electron chi connectivity index (χ2n) is 9.21. The van der Waals surface area contributed by atoms with Crippen LogP contribution in [0.25, 0.3) is 0 Å². The van der Waals surface area contributed by atoms with Crippen molar-refractivity contribution in [2.75, 3.05) is 43.6 Å². The average Bonchev–Trinajstić information content (AvgIpc) is 3.48. The first-order valence-corrected chi connectivity index (χ1v) is 15.0. The second kappa shape index (κ2) is 11.9. The highest BCUT2D eigenvalue weighted by atomic mass is 32.2. The topological polar surface area (TPSA) is 109 Å². The van der Waals surface area contributed by atoms with E-state index in [0.717, 1.165) is 60.2 Å². The number of carboxylic acids is 1. The maximum absolute atomic E-state index is 12.9. The number of nitrogens with zero attached hydrogens (tertiary/aromatic N) is 3. The van der Waals surface area contributed by atoms with Crippen molar-refractivity contribution in [1.82, 2.24) is 9.29 Å². The number of aryl methyl sites for hydroxylation is 2. The lowest BCUT2D eigenvalue weighted by molar-refractivity contribution is -0.136. The Balaban J connectivity index is 1.47. The van der Waals surface area contributed by atoms with Crippen LogP contribution in [0.4, 0.5) is 5.13 Å². The lowest BCUT2D eigenvalue weighted by atomic mass is 9.99. The van der Waals surface area contributed by atoms with E-state index >= 15 is 0 Å². The minimum atomic E-state index is -3.39. The van der Waals surface area contributed by atoms with E-state index < -0.39 is 16.0 Å². The number of carbonyl (C=O) groups is 1. The quantitative estimate of drug-likeness (QED) is 0.439. The number of rotatable bonds is 12. The molecular formula is C25H35N3O6S2. The summed E-state index contributed by atoms with van der Waals surface area (Å²) in [5, 5.41) is 10.2. The number of morpholine rings is 1. The first-order valence-electron chi connectivity index (χ1n) is 12.5. The summed E-state index contributed by atoms with van der Waals surface area (Å²) in [5.74, 6) is -0.0877. The third-order valence-electron chi connectivity index (χ3n) is 6.67. The standard InChI is InChI=1S/C25H35N3O6S2/c1-3-4-15-36(31,32)28-16-20-19(6-8-24(29)30)5-7-23(21(20)17-28)34-12-9-22-18(2)35-25(26-22)27-10-13-33-14-11-27/h5,7H,3-4,6,8-17H2,1-2H3,(H,29,30). The number of carboxylic acid groups (broad SMARTS) is 1. The fraction of sp³-hybridized carbons (Fsp3) is 0.600. The van der Waals surface area contributed by atoms with Gasteiger partial charge in [-0.2, -0.15) is 4.31 Å². The van der Waals surface area contributed by atoms with E-state index in [2.05, 4.69) is 11.8 Å². The lowest BCUT2D eigenvalue weighted by Crippen LogP contribution is -2.36. The molecule has 0 atom stereocenters. The van der Waals surface area contributed by atoms with Gasteiger partial charge >= 0.3 is 5.97 Å². The van der Waals surface area contributed by atoms with Gasteiger partial charge in [-0.05, 0) is 37.0 Å². The molecule has 2 aliphatic rings. The number of aromatic nitrogens is 1. The number of unbranched alkanes of at least 4 members (excludes halogenated alkanes) is 1. The van der Waals surface area contributed by atoms with Crippen molar-refractivity contribution in [2.45, 2.75) is 59.0 Å². The Hall–Kier alpha value is -2.21. The molecule has 0 bridgehead atoms. The number of benzene rings is 1. The summed E-state index contributed by atoms with van der Waals surface area (Å²) in [6.45, 7) is 8.13. The molecule has 1 aromatic heterocycles. The molecule has 36 heavy (non-hydrogen) atoms. The minimum absolute atomic E-state index is 0.00378. The van der Waals surface area contributed by atoms with Gasteiger partial charge in [0, 0.05) is 49.5 Å². The summed E-state index contributed by atoms with van der Waals surface area (Å²) in [6, 6.07) is 3.73. The van der Waals surface area contributed by atoms with Crippen LogP contribution in [-0.2, 0) is 45.5 Å². The Morgan fingerprint density at radius 2 is 1.94 bits per heavy atom. The molecule has 0 unspecified atom stereocenters. The number of anilines is 1. The average molecular weight is 538 g/mol. The van der Waals surface area contributed by atoms with Crippen LogP contribution in [0.5, 0.6) is 5.75 Å². The smallest absolute Gasteiger partial charge is 0.303 e. The van der Waals surface area contributed by atoms with Gasteiger partial charge in [-0.3, -0.25) is 4.79 Å². The molecule has 2 aliphatic heterocycles. The molecule has 1 aromatic carbocycles. The third kappa shape index (κ3) is 6.37. The molecule has 1 saturated heterocycles. The summed E-state index contributed by atoms with van der Waals surface area (Å²) in [5.41, 5.74) is 3.62. The van der Waals surface area contributed by atoms with Crippen LogP contribution >= 0.6 is 11.3 Å². The maximum Gasteiger partial charge on any atom is 0.303 e. The maximum atomic E-state index is 12.9. The second-order valence-corrected chi connectivity index (χ2v) is 12.5. The van der Waals surface area contributed by atoms with E-state index in [1.165, 1.54) is 9.18 Å². The molecule has 198 valence electrons. The van der Waals surface area contributed by atoms with Crippen molar-refractivity contribution >= 4 is 32.5 Å². The van der Waals surface area contributed by atoms with Crippen LogP contribution in [0.3, 0.4) is 0 Å². The van der Waals surface area contributed by atoms with Crippen LogP contribution < -0.4 is 9.64 Å². The zero-order valence-electron chi connectivity index (χ0n) is 21.0. The number of hydrogen-bond donors (Lipinski definition) is 1. The number of thiazole rings is 1. The number of aliphatic carboxylic acids is 1. The molecular weight excluding hydrogens is 502 g/mol. The van der Waals surface area contributed by atoms with Gasteiger partial charge in [0.2, 0.25) is 10.0 Å². The highest BCUT2D eigenvalue weighted by Crippen LogP contribution is 2.36. The predicted octanol–water partition coefficient (Wildman–Crippen LogP) is 3.37.